The van der Waals surface area contributed by atoms with Crippen molar-refractivity contribution in [3.05, 3.63) is 64.5 Å². The number of nitro groups is 1. The van der Waals surface area contributed by atoms with Gasteiger partial charge in [-0.2, -0.15) is 4.98 Å². The summed E-state index contributed by atoms with van der Waals surface area (Å²) in [5.74, 6) is 0.463. The third-order valence-electron chi connectivity index (χ3n) is 5.20. The van der Waals surface area contributed by atoms with Gasteiger partial charge in [0.2, 0.25) is 11.8 Å². The van der Waals surface area contributed by atoms with Crippen LogP contribution in [-0.4, -0.2) is 39.2 Å². The van der Waals surface area contributed by atoms with Crippen LogP contribution in [0.25, 0.3) is 11.5 Å². The molecular weight excluding hydrogens is 458 g/mol. The molecule has 0 aliphatic rings. The lowest BCUT2D eigenvalue weighted by Gasteiger charge is -2.21. The second-order valence-corrected chi connectivity index (χ2v) is 7.59. The Bertz CT molecular complexity index is 1150. The summed E-state index contributed by atoms with van der Waals surface area (Å²) >= 11 is 0. The molecule has 12 heteroatoms. The molecule has 3 aromatic rings. The van der Waals surface area contributed by atoms with Crippen molar-refractivity contribution in [3.63, 3.8) is 0 Å². The number of rotatable bonds is 12. The standard InChI is InChI=1S/C23H25N5O7/c1-34-19-13-11-17(12-14-19)27(22(30)6-4-2-3-5-21(29)25-31)15-20-24-23(35-26-20)16-7-9-18(10-8-16)28(32)33/h7-14,31H,2-6,15H2,1H3,(H,25,29). The lowest BCUT2D eigenvalue weighted by molar-refractivity contribution is -0.384. The zero-order valence-electron chi connectivity index (χ0n) is 19.0. The third-order valence-corrected chi connectivity index (χ3v) is 5.20. The van der Waals surface area contributed by atoms with Gasteiger partial charge in [0.15, 0.2) is 5.82 Å². The first-order valence-corrected chi connectivity index (χ1v) is 10.9. The van der Waals surface area contributed by atoms with E-state index in [0.717, 1.165) is 0 Å². The number of aromatic nitrogens is 2. The zero-order chi connectivity index (χ0) is 25.2. The Morgan fingerprint density at radius 3 is 2.40 bits per heavy atom. The SMILES string of the molecule is COc1ccc(N(Cc2noc(-c3ccc([N+](=O)[O-])cc3)n2)C(=O)CCCCCC(=O)NO)cc1. The second-order valence-electron chi connectivity index (χ2n) is 7.59. The fraction of sp³-hybridized carbons (Fsp3) is 0.304. The molecule has 0 fully saturated rings. The van der Waals surface area contributed by atoms with E-state index in [1.165, 1.54) is 29.2 Å². The van der Waals surface area contributed by atoms with Crippen LogP contribution in [0.5, 0.6) is 5.75 Å². The van der Waals surface area contributed by atoms with Gasteiger partial charge in [-0.1, -0.05) is 11.6 Å². The molecule has 0 saturated carbocycles. The lowest BCUT2D eigenvalue weighted by atomic mass is 10.1. The number of carbonyl (C=O) groups is 2. The predicted molar refractivity (Wildman–Crippen MR) is 124 cm³/mol. The van der Waals surface area contributed by atoms with Crippen LogP contribution in [0.15, 0.2) is 53.1 Å². The molecule has 184 valence electrons. The van der Waals surface area contributed by atoms with Crippen LogP contribution in [0.3, 0.4) is 0 Å². The number of hydrogen-bond acceptors (Lipinski definition) is 9. The molecule has 3 rings (SSSR count). The van der Waals surface area contributed by atoms with E-state index in [-0.39, 0.29) is 42.7 Å². The van der Waals surface area contributed by atoms with Gasteiger partial charge in [0.1, 0.15) is 5.75 Å². The van der Waals surface area contributed by atoms with E-state index < -0.39 is 10.8 Å². The first-order valence-electron chi connectivity index (χ1n) is 10.9. The van der Waals surface area contributed by atoms with Crippen molar-refractivity contribution < 1.29 is 29.0 Å². The molecule has 12 nitrogen and oxygen atoms in total. The number of nitrogens with zero attached hydrogens (tertiary/aromatic N) is 4. The smallest absolute Gasteiger partial charge is 0.269 e. The van der Waals surface area contributed by atoms with Gasteiger partial charge in [-0.15, -0.1) is 0 Å². The number of amides is 2. The quantitative estimate of drug-likeness (QED) is 0.169. The number of methoxy groups -OCH3 is 1. The van der Waals surface area contributed by atoms with Gasteiger partial charge in [0, 0.05) is 36.2 Å². The lowest BCUT2D eigenvalue weighted by Crippen LogP contribution is -2.30. The molecule has 0 unspecified atom stereocenters. The van der Waals surface area contributed by atoms with Crippen molar-refractivity contribution in [2.75, 3.05) is 12.0 Å². The average molecular weight is 483 g/mol. The summed E-state index contributed by atoms with van der Waals surface area (Å²) in [6, 6.07) is 12.7. The van der Waals surface area contributed by atoms with Crippen LogP contribution in [0, 0.1) is 10.1 Å². The van der Waals surface area contributed by atoms with Crippen molar-refractivity contribution in [1.82, 2.24) is 15.6 Å². The summed E-state index contributed by atoms with van der Waals surface area (Å²) in [6.07, 6.45) is 2.17. The predicted octanol–water partition coefficient (Wildman–Crippen LogP) is 3.64. The number of ether oxygens (including phenoxy) is 1. The van der Waals surface area contributed by atoms with E-state index in [9.17, 15) is 19.7 Å². The molecule has 0 saturated heterocycles. The first-order chi connectivity index (χ1) is 16.9. The zero-order valence-corrected chi connectivity index (χ0v) is 19.0. The van der Waals surface area contributed by atoms with Gasteiger partial charge in [-0.25, -0.2) is 5.48 Å². The van der Waals surface area contributed by atoms with Gasteiger partial charge < -0.3 is 14.2 Å². The molecular formula is C23H25N5O7. The van der Waals surface area contributed by atoms with Gasteiger partial charge in [-0.05, 0) is 49.2 Å². The number of carbonyl (C=O) groups excluding carboxylic acids is 2. The highest BCUT2D eigenvalue weighted by molar-refractivity contribution is 5.93. The number of unbranched alkanes of at least 4 members (excludes halogenated alkanes) is 2. The maximum atomic E-state index is 13.1. The molecule has 0 bridgehead atoms. The Hall–Kier alpha value is -4.32. The number of nitro benzene ring substituents is 1. The summed E-state index contributed by atoms with van der Waals surface area (Å²) < 4.78 is 10.5. The van der Waals surface area contributed by atoms with E-state index in [4.69, 9.17) is 14.5 Å². The first kappa shape index (κ1) is 25.3. The normalized spacial score (nSPS) is 10.6. The van der Waals surface area contributed by atoms with E-state index >= 15 is 0 Å². The summed E-state index contributed by atoms with van der Waals surface area (Å²) in [4.78, 5) is 40.4. The highest BCUT2D eigenvalue weighted by Gasteiger charge is 2.20. The van der Waals surface area contributed by atoms with Crippen molar-refractivity contribution in [2.45, 2.75) is 38.6 Å². The van der Waals surface area contributed by atoms with Crippen molar-refractivity contribution in [1.29, 1.82) is 0 Å². The molecule has 2 aromatic carbocycles. The van der Waals surface area contributed by atoms with Crippen LogP contribution in [-0.2, 0) is 16.1 Å². The topological polar surface area (TPSA) is 161 Å². The van der Waals surface area contributed by atoms with Gasteiger partial charge >= 0.3 is 0 Å². The molecule has 0 aliphatic heterocycles. The molecule has 35 heavy (non-hydrogen) atoms. The molecule has 0 spiro atoms. The van der Waals surface area contributed by atoms with E-state index in [2.05, 4.69) is 10.1 Å². The number of hydrogen-bond donors (Lipinski definition) is 2. The summed E-state index contributed by atoms with van der Waals surface area (Å²) in [6.45, 7) is 0.0502. The minimum absolute atomic E-state index is 0.0502. The molecule has 0 radical (unpaired) electrons. The average Bonchev–Trinajstić information content (AvgIpc) is 3.35. The maximum Gasteiger partial charge on any atom is 0.269 e. The molecule has 2 amide bonds. The van der Waals surface area contributed by atoms with E-state index in [1.807, 2.05) is 0 Å². The molecule has 1 aromatic heterocycles. The number of nitrogens with one attached hydrogen (secondary N) is 1. The second kappa shape index (κ2) is 12.2. The highest BCUT2D eigenvalue weighted by atomic mass is 16.6. The van der Waals surface area contributed by atoms with Crippen LogP contribution >= 0.6 is 0 Å². The minimum atomic E-state index is -0.497. The van der Waals surface area contributed by atoms with Crippen LogP contribution in [0.4, 0.5) is 11.4 Å². The fourth-order valence-electron chi connectivity index (χ4n) is 3.32. The summed E-state index contributed by atoms with van der Waals surface area (Å²) in [7, 11) is 1.55. The molecule has 0 atom stereocenters. The maximum absolute atomic E-state index is 13.1. The van der Waals surface area contributed by atoms with Gasteiger partial charge in [-0.3, -0.25) is 24.9 Å². The molecule has 1 heterocycles. The summed E-state index contributed by atoms with van der Waals surface area (Å²) in [5, 5.41) is 23.4. The number of anilines is 1. The Balaban J connectivity index is 1.71. The Morgan fingerprint density at radius 1 is 1.09 bits per heavy atom. The van der Waals surface area contributed by atoms with Crippen molar-refractivity contribution in [2.24, 2.45) is 0 Å². The molecule has 2 N–H and O–H groups in total. The fourth-order valence-corrected chi connectivity index (χ4v) is 3.32. The Morgan fingerprint density at radius 2 is 1.77 bits per heavy atom. The Kier molecular flexibility index (Phi) is 8.84. The van der Waals surface area contributed by atoms with Crippen LogP contribution in [0.1, 0.15) is 37.9 Å². The van der Waals surface area contributed by atoms with E-state index in [0.29, 0.717) is 36.3 Å². The third kappa shape index (κ3) is 7.08. The van der Waals surface area contributed by atoms with Gasteiger partial charge in [0.25, 0.3) is 11.6 Å². The monoisotopic (exact) mass is 483 g/mol. The summed E-state index contributed by atoms with van der Waals surface area (Å²) in [5.41, 5.74) is 2.67. The van der Waals surface area contributed by atoms with Crippen molar-refractivity contribution in [3.8, 4) is 17.2 Å². The van der Waals surface area contributed by atoms with Crippen molar-refractivity contribution >= 4 is 23.2 Å². The highest BCUT2D eigenvalue weighted by Crippen LogP contribution is 2.24. The van der Waals surface area contributed by atoms with Crippen LogP contribution < -0.4 is 15.1 Å². The Labute approximate surface area is 200 Å². The molecule has 0 aliphatic carbocycles. The largest absolute Gasteiger partial charge is 0.497 e. The van der Waals surface area contributed by atoms with Gasteiger partial charge in [0.05, 0.1) is 18.6 Å². The number of benzene rings is 2. The number of hydroxylamine groups is 1. The van der Waals surface area contributed by atoms with Crippen LogP contribution in [0.2, 0.25) is 0 Å². The minimum Gasteiger partial charge on any atom is -0.497 e. The number of non-ortho nitro benzene ring substituents is 1. The van der Waals surface area contributed by atoms with E-state index in [1.54, 1.807) is 36.9 Å².